The monoisotopic (exact) mass is 443 g/mol. The first kappa shape index (κ1) is 20.5. The molecule has 0 fully saturated rings. The predicted molar refractivity (Wildman–Crippen MR) is 116 cm³/mol. The van der Waals surface area contributed by atoms with E-state index in [4.69, 9.17) is 4.42 Å². The number of fused-ring (bicyclic) bond motifs is 1. The molecule has 0 spiro atoms. The SMILES string of the molecule is CC(C)n1c(=O)oc2cc(S(=O)(=O)N[C@H](Cc3ccsc3)c3ccccn3)ccc21. The third-order valence-corrected chi connectivity index (χ3v) is 6.98. The standard InChI is InChI=1S/C21H21N3O4S2/c1-14(2)24-19-7-6-16(12-20(19)28-21(24)25)30(26,27)23-18(11-15-8-10-29-13-15)17-5-3-4-9-22-17/h3-10,12-14,18,23H,11H2,1-2H3/t18-/m1/s1. The summed E-state index contributed by atoms with van der Waals surface area (Å²) in [4.78, 5) is 16.5. The van der Waals surface area contributed by atoms with Gasteiger partial charge in [-0.1, -0.05) is 6.07 Å². The number of pyridine rings is 1. The molecule has 1 N–H and O–H groups in total. The second-order valence-corrected chi connectivity index (χ2v) is 9.72. The molecule has 0 saturated carbocycles. The molecule has 0 aliphatic rings. The number of rotatable bonds is 7. The first-order valence-electron chi connectivity index (χ1n) is 9.44. The zero-order valence-electron chi connectivity index (χ0n) is 16.5. The molecule has 156 valence electrons. The number of oxazole rings is 1. The summed E-state index contributed by atoms with van der Waals surface area (Å²) in [5.74, 6) is -0.508. The van der Waals surface area contributed by atoms with E-state index in [-0.39, 0.29) is 16.5 Å². The number of nitrogens with one attached hydrogen (secondary N) is 1. The summed E-state index contributed by atoms with van der Waals surface area (Å²) in [5, 5.41) is 3.94. The summed E-state index contributed by atoms with van der Waals surface area (Å²) in [6.07, 6.45) is 2.11. The van der Waals surface area contributed by atoms with Crippen molar-refractivity contribution in [3.8, 4) is 0 Å². The normalized spacial score (nSPS) is 13.2. The van der Waals surface area contributed by atoms with Crippen molar-refractivity contribution in [2.45, 2.75) is 37.2 Å². The summed E-state index contributed by atoms with van der Waals surface area (Å²) >= 11 is 1.56. The lowest BCUT2D eigenvalue weighted by molar-refractivity contribution is 0.478. The van der Waals surface area contributed by atoms with Crippen molar-refractivity contribution in [1.29, 1.82) is 0 Å². The summed E-state index contributed by atoms with van der Waals surface area (Å²) < 4.78 is 35.8. The van der Waals surface area contributed by atoms with E-state index in [1.165, 1.54) is 16.7 Å². The van der Waals surface area contributed by atoms with Crippen molar-refractivity contribution < 1.29 is 12.8 Å². The highest BCUT2D eigenvalue weighted by Gasteiger charge is 2.24. The van der Waals surface area contributed by atoms with Crippen LogP contribution in [-0.2, 0) is 16.4 Å². The van der Waals surface area contributed by atoms with Gasteiger partial charge in [-0.25, -0.2) is 17.9 Å². The van der Waals surface area contributed by atoms with Gasteiger partial charge in [-0.3, -0.25) is 9.55 Å². The van der Waals surface area contributed by atoms with Crippen LogP contribution in [0.2, 0.25) is 0 Å². The van der Waals surface area contributed by atoms with Crippen molar-refractivity contribution in [3.63, 3.8) is 0 Å². The van der Waals surface area contributed by atoms with Gasteiger partial charge in [0.05, 0.1) is 22.1 Å². The molecular weight excluding hydrogens is 422 g/mol. The number of nitrogens with zero attached hydrogens (tertiary/aromatic N) is 2. The minimum atomic E-state index is -3.88. The largest absolute Gasteiger partial charge is 0.420 e. The zero-order chi connectivity index (χ0) is 21.3. The third kappa shape index (κ3) is 4.09. The molecule has 0 aliphatic carbocycles. The van der Waals surface area contributed by atoms with Crippen molar-refractivity contribution in [1.82, 2.24) is 14.3 Å². The summed E-state index contributed by atoms with van der Waals surface area (Å²) in [7, 11) is -3.88. The molecule has 0 amide bonds. The molecule has 0 aliphatic heterocycles. The number of thiophene rings is 1. The molecule has 30 heavy (non-hydrogen) atoms. The Morgan fingerprint density at radius 1 is 1.20 bits per heavy atom. The van der Waals surface area contributed by atoms with Gasteiger partial charge in [-0.2, -0.15) is 11.3 Å². The van der Waals surface area contributed by atoms with Crippen LogP contribution in [0, 0.1) is 0 Å². The average molecular weight is 444 g/mol. The molecule has 1 atom stereocenters. The van der Waals surface area contributed by atoms with E-state index in [1.807, 2.05) is 36.7 Å². The quantitative estimate of drug-likeness (QED) is 0.468. The van der Waals surface area contributed by atoms with Gasteiger partial charge in [0.25, 0.3) is 0 Å². The number of benzene rings is 1. The topological polar surface area (TPSA) is 94.2 Å². The van der Waals surface area contributed by atoms with E-state index in [2.05, 4.69) is 9.71 Å². The lowest BCUT2D eigenvalue weighted by atomic mass is 10.1. The van der Waals surface area contributed by atoms with Gasteiger partial charge in [0.15, 0.2) is 5.58 Å². The van der Waals surface area contributed by atoms with E-state index in [9.17, 15) is 13.2 Å². The fourth-order valence-corrected chi connectivity index (χ4v) is 5.27. The maximum Gasteiger partial charge on any atom is 0.420 e. The highest BCUT2D eigenvalue weighted by Crippen LogP contribution is 2.24. The first-order valence-corrected chi connectivity index (χ1v) is 11.9. The highest BCUT2D eigenvalue weighted by molar-refractivity contribution is 7.89. The van der Waals surface area contributed by atoms with E-state index in [1.54, 1.807) is 35.7 Å². The lowest BCUT2D eigenvalue weighted by Gasteiger charge is -2.18. The minimum Gasteiger partial charge on any atom is -0.408 e. The van der Waals surface area contributed by atoms with Crippen LogP contribution in [0.4, 0.5) is 0 Å². The maximum absolute atomic E-state index is 13.2. The van der Waals surface area contributed by atoms with Crippen LogP contribution in [0.15, 0.2) is 73.5 Å². The van der Waals surface area contributed by atoms with Gasteiger partial charge in [0.1, 0.15) is 0 Å². The molecule has 7 nitrogen and oxygen atoms in total. The van der Waals surface area contributed by atoms with Gasteiger partial charge in [0.2, 0.25) is 10.0 Å². The van der Waals surface area contributed by atoms with E-state index >= 15 is 0 Å². The molecule has 4 aromatic rings. The molecule has 0 saturated heterocycles. The van der Waals surface area contributed by atoms with Crippen LogP contribution < -0.4 is 10.5 Å². The van der Waals surface area contributed by atoms with Crippen LogP contribution in [-0.4, -0.2) is 18.0 Å². The van der Waals surface area contributed by atoms with Gasteiger partial charge in [-0.05, 0) is 66.9 Å². The van der Waals surface area contributed by atoms with E-state index < -0.39 is 21.8 Å². The van der Waals surface area contributed by atoms with E-state index in [0.29, 0.717) is 17.6 Å². The maximum atomic E-state index is 13.2. The summed E-state index contributed by atoms with van der Waals surface area (Å²) in [6, 6.07) is 11.2. The number of aromatic nitrogens is 2. The van der Waals surface area contributed by atoms with Gasteiger partial charge >= 0.3 is 5.76 Å². The number of hydrogen-bond acceptors (Lipinski definition) is 6. The molecule has 3 heterocycles. The first-order chi connectivity index (χ1) is 14.3. The van der Waals surface area contributed by atoms with Crippen LogP contribution in [0.5, 0.6) is 0 Å². The molecule has 4 rings (SSSR count). The van der Waals surface area contributed by atoms with Crippen LogP contribution in [0.25, 0.3) is 11.1 Å². The second-order valence-electron chi connectivity index (χ2n) is 7.23. The zero-order valence-corrected chi connectivity index (χ0v) is 18.1. The average Bonchev–Trinajstić information content (AvgIpc) is 3.33. The Bertz CT molecular complexity index is 1310. The smallest absolute Gasteiger partial charge is 0.408 e. The Kier molecular flexibility index (Phi) is 5.59. The van der Waals surface area contributed by atoms with Gasteiger partial charge < -0.3 is 4.42 Å². The molecule has 9 heteroatoms. The Hall–Kier alpha value is -2.75. The van der Waals surface area contributed by atoms with Gasteiger partial charge in [-0.15, -0.1) is 0 Å². The molecule has 0 bridgehead atoms. The molecular formula is C21H21N3O4S2. The minimum absolute atomic E-state index is 0.0332. The Morgan fingerprint density at radius 2 is 2.03 bits per heavy atom. The number of hydrogen-bond donors (Lipinski definition) is 1. The summed E-state index contributed by atoms with van der Waals surface area (Å²) in [5.41, 5.74) is 2.46. The molecule has 0 unspecified atom stereocenters. The molecule has 3 aromatic heterocycles. The van der Waals surface area contributed by atoms with Crippen LogP contribution in [0.3, 0.4) is 0 Å². The van der Waals surface area contributed by atoms with Crippen molar-refractivity contribution in [2.75, 3.05) is 0 Å². The number of sulfonamides is 1. The third-order valence-electron chi connectivity index (χ3n) is 4.77. The molecule has 0 radical (unpaired) electrons. The predicted octanol–water partition coefficient (Wildman–Crippen LogP) is 3.89. The Morgan fingerprint density at radius 3 is 2.70 bits per heavy atom. The van der Waals surface area contributed by atoms with Crippen molar-refractivity contribution in [2.24, 2.45) is 0 Å². The lowest BCUT2D eigenvalue weighted by Crippen LogP contribution is -2.30. The Labute approximate surface area is 178 Å². The van der Waals surface area contributed by atoms with Crippen molar-refractivity contribution in [3.05, 3.63) is 81.2 Å². The fourth-order valence-electron chi connectivity index (χ4n) is 3.36. The second kappa shape index (κ2) is 8.17. The molecule has 1 aromatic carbocycles. The van der Waals surface area contributed by atoms with E-state index in [0.717, 1.165) is 5.56 Å². The van der Waals surface area contributed by atoms with Crippen LogP contribution >= 0.6 is 11.3 Å². The van der Waals surface area contributed by atoms with Gasteiger partial charge in [0, 0.05) is 18.3 Å². The highest BCUT2D eigenvalue weighted by atomic mass is 32.2. The van der Waals surface area contributed by atoms with Crippen molar-refractivity contribution >= 4 is 32.5 Å². The fraction of sp³-hybridized carbons (Fsp3) is 0.238. The summed E-state index contributed by atoms with van der Waals surface area (Å²) in [6.45, 7) is 3.73. The van der Waals surface area contributed by atoms with Crippen LogP contribution in [0.1, 0.15) is 37.2 Å². The Balaban J connectivity index is 1.70.